The van der Waals surface area contributed by atoms with E-state index in [-0.39, 0.29) is 18.3 Å². The summed E-state index contributed by atoms with van der Waals surface area (Å²) in [5.74, 6) is 0. The number of amides is 3. The number of nitro groups is 1. The maximum atomic E-state index is 11.1. The minimum Gasteiger partial charge on any atom is -0.448 e. The van der Waals surface area contributed by atoms with Crippen molar-refractivity contribution < 1.29 is 19.2 Å². The molecule has 114 valence electrons. The first kappa shape index (κ1) is 16.4. The van der Waals surface area contributed by atoms with Crippen LogP contribution in [0, 0.1) is 10.1 Å². The predicted octanol–water partition coefficient (Wildman–Crippen LogP) is 0.530. The number of non-ortho nitro benzene ring substituents is 1. The summed E-state index contributed by atoms with van der Waals surface area (Å²) >= 11 is 0. The number of hydrogen-bond acceptors (Lipinski definition) is 6. The number of alkyl carbamates (subject to hydrolysis) is 1. The number of hydrogen-bond donors (Lipinski definition) is 3. The van der Waals surface area contributed by atoms with Gasteiger partial charge in [-0.05, 0) is 19.0 Å². The molecule has 9 nitrogen and oxygen atoms in total. The normalized spacial score (nSPS) is 11.5. The second-order valence-corrected chi connectivity index (χ2v) is 4.20. The molecular weight excluding hydrogens is 280 g/mol. The van der Waals surface area contributed by atoms with Crippen molar-refractivity contribution >= 4 is 17.8 Å². The van der Waals surface area contributed by atoms with Crippen molar-refractivity contribution in [2.45, 2.75) is 12.5 Å². The summed E-state index contributed by atoms with van der Waals surface area (Å²) in [4.78, 5) is 31.6. The zero-order chi connectivity index (χ0) is 15.8. The number of ether oxygens (including phenoxy) is 1. The first-order chi connectivity index (χ1) is 9.92. The fourth-order valence-electron chi connectivity index (χ4n) is 1.60. The molecule has 1 rings (SSSR count). The second-order valence-electron chi connectivity index (χ2n) is 4.20. The molecule has 1 unspecified atom stereocenters. The Morgan fingerprint density at radius 3 is 2.48 bits per heavy atom. The molecule has 0 aromatic heterocycles. The molecule has 4 N–H and O–H groups in total. The average molecular weight is 296 g/mol. The van der Waals surface area contributed by atoms with Gasteiger partial charge in [0.05, 0.1) is 4.92 Å². The standard InChI is InChI=1S/C12H16N4O5/c1-14-9(7-21-12(18)15-11(13)17)6-8-2-4-10(5-3-8)16(19)20/h2-5,9,14H,6-7H2,1H3,(H3,13,15,17,18). The molecule has 0 aliphatic carbocycles. The van der Waals surface area contributed by atoms with Gasteiger partial charge in [0, 0.05) is 18.2 Å². The van der Waals surface area contributed by atoms with Gasteiger partial charge in [0.25, 0.3) is 5.69 Å². The van der Waals surface area contributed by atoms with Crippen molar-refractivity contribution in [3.63, 3.8) is 0 Å². The van der Waals surface area contributed by atoms with E-state index in [2.05, 4.69) is 5.32 Å². The smallest absolute Gasteiger partial charge is 0.415 e. The Bertz CT molecular complexity index is 517. The van der Waals surface area contributed by atoms with Gasteiger partial charge < -0.3 is 15.8 Å². The maximum Gasteiger partial charge on any atom is 0.415 e. The predicted molar refractivity (Wildman–Crippen MR) is 73.7 cm³/mol. The van der Waals surface area contributed by atoms with Crippen molar-refractivity contribution in [1.29, 1.82) is 0 Å². The molecule has 0 radical (unpaired) electrons. The molecule has 9 heteroatoms. The van der Waals surface area contributed by atoms with Gasteiger partial charge >= 0.3 is 12.1 Å². The van der Waals surface area contributed by atoms with Gasteiger partial charge in [-0.15, -0.1) is 0 Å². The molecule has 0 fully saturated rings. The Kier molecular flexibility index (Phi) is 6.08. The van der Waals surface area contributed by atoms with Gasteiger partial charge in [-0.2, -0.15) is 0 Å². The van der Waals surface area contributed by atoms with Crippen LogP contribution in [0.3, 0.4) is 0 Å². The van der Waals surface area contributed by atoms with Crippen LogP contribution >= 0.6 is 0 Å². The van der Waals surface area contributed by atoms with E-state index in [9.17, 15) is 19.7 Å². The van der Waals surface area contributed by atoms with E-state index in [0.29, 0.717) is 6.42 Å². The zero-order valence-corrected chi connectivity index (χ0v) is 11.4. The summed E-state index contributed by atoms with van der Waals surface area (Å²) in [7, 11) is 1.69. The third-order valence-corrected chi connectivity index (χ3v) is 2.68. The highest BCUT2D eigenvalue weighted by atomic mass is 16.6. The van der Waals surface area contributed by atoms with Crippen LogP contribution in [-0.4, -0.2) is 36.7 Å². The lowest BCUT2D eigenvalue weighted by Crippen LogP contribution is -2.39. The monoisotopic (exact) mass is 296 g/mol. The van der Waals surface area contributed by atoms with E-state index >= 15 is 0 Å². The van der Waals surface area contributed by atoms with Crippen LogP contribution in [0.5, 0.6) is 0 Å². The highest BCUT2D eigenvalue weighted by molar-refractivity contribution is 5.89. The van der Waals surface area contributed by atoms with Gasteiger partial charge in [0.15, 0.2) is 0 Å². The van der Waals surface area contributed by atoms with Crippen molar-refractivity contribution in [3.8, 4) is 0 Å². The Morgan fingerprint density at radius 2 is 2.00 bits per heavy atom. The Hall–Kier alpha value is -2.68. The van der Waals surface area contributed by atoms with Crippen molar-refractivity contribution in [2.75, 3.05) is 13.7 Å². The summed E-state index contributed by atoms with van der Waals surface area (Å²) in [6.45, 7) is 0.0204. The Labute approximate surface area is 120 Å². The first-order valence-electron chi connectivity index (χ1n) is 6.06. The maximum absolute atomic E-state index is 11.1. The molecular formula is C12H16N4O5. The number of urea groups is 1. The number of nitrogens with zero attached hydrogens (tertiary/aromatic N) is 1. The van der Waals surface area contributed by atoms with Crippen LogP contribution in [0.2, 0.25) is 0 Å². The number of primary amides is 1. The SMILES string of the molecule is CNC(COC(=O)NC(N)=O)Cc1ccc([N+](=O)[O-])cc1. The number of benzene rings is 1. The Balaban J connectivity index is 2.51. The van der Waals surface area contributed by atoms with Gasteiger partial charge in [0.1, 0.15) is 6.61 Å². The molecule has 21 heavy (non-hydrogen) atoms. The quantitative estimate of drug-likeness (QED) is 0.517. The fraction of sp³-hybridized carbons (Fsp3) is 0.333. The van der Waals surface area contributed by atoms with E-state index in [4.69, 9.17) is 10.5 Å². The third-order valence-electron chi connectivity index (χ3n) is 2.68. The van der Waals surface area contributed by atoms with Gasteiger partial charge in [-0.25, -0.2) is 14.9 Å². The fourth-order valence-corrected chi connectivity index (χ4v) is 1.60. The highest BCUT2D eigenvalue weighted by Crippen LogP contribution is 2.13. The van der Waals surface area contributed by atoms with E-state index < -0.39 is 17.0 Å². The molecule has 3 amide bonds. The first-order valence-corrected chi connectivity index (χ1v) is 6.06. The number of nitrogens with one attached hydrogen (secondary N) is 2. The van der Waals surface area contributed by atoms with Crippen molar-refractivity contribution in [2.24, 2.45) is 5.73 Å². The van der Waals surface area contributed by atoms with Crippen molar-refractivity contribution in [1.82, 2.24) is 10.6 Å². The summed E-state index contributed by atoms with van der Waals surface area (Å²) < 4.78 is 4.82. The molecule has 0 saturated carbocycles. The van der Waals surface area contributed by atoms with E-state index in [0.717, 1.165) is 5.56 Å². The molecule has 0 aliphatic rings. The minimum atomic E-state index is -0.989. The van der Waals surface area contributed by atoms with Crippen LogP contribution in [0.1, 0.15) is 5.56 Å². The summed E-state index contributed by atoms with van der Waals surface area (Å²) in [5.41, 5.74) is 5.63. The third kappa shape index (κ3) is 5.87. The van der Waals surface area contributed by atoms with Gasteiger partial charge in [-0.1, -0.05) is 12.1 Å². The lowest BCUT2D eigenvalue weighted by Gasteiger charge is -2.16. The van der Waals surface area contributed by atoms with Gasteiger partial charge in [-0.3, -0.25) is 10.1 Å². The van der Waals surface area contributed by atoms with Crippen LogP contribution in [0.15, 0.2) is 24.3 Å². The summed E-state index contributed by atoms with van der Waals surface area (Å²) in [6, 6.07) is 4.88. The topological polar surface area (TPSA) is 137 Å². The number of imide groups is 1. The largest absolute Gasteiger partial charge is 0.448 e. The minimum absolute atomic E-state index is 0.0110. The molecule has 1 aromatic carbocycles. The molecule has 0 heterocycles. The molecule has 0 bridgehead atoms. The molecule has 0 saturated heterocycles. The number of likely N-dealkylation sites (N-methyl/N-ethyl adjacent to an activating group) is 1. The molecule has 1 atom stereocenters. The zero-order valence-electron chi connectivity index (χ0n) is 11.4. The summed E-state index contributed by atoms with van der Waals surface area (Å²) in [6.07, 6.45) is -0.426. The van der Waals surface area contributed by atoms with Gasteiger partial charge in [0.2, 0.25) is 0 Å². The molecule has 0 aliphatic heterocycles. The lowest BCUT2D eigenvalue weighted by molar-refractivity contribution is -0.384. The van der Waals surface area contributed by atoms with E-state index in [1.54, 1.807) is 24.5 Å². The highest BCUT2D eigenvalue weighted by Gasteiger charge is 2.13. The average Bonchev–Trinajstić information content (AvgIpc) is 2.43. The van der Waals surface area contributed by atoms with Crippen molar-refractivity contribution in [3.05, 3.63) is 39.9 Å². The number of carbonyl (C=O) groups excluding carboxylic acids is 2. The van der Waals surface area contributed by atoms with E-state index in [1.807, 2.05) is 0 Å². The van der Waals surface area contributed by atoms with Crippen LogP contribution in [0.4, 0.5) is 15.3 Å². The van der Waals surface area contributed by atoms with Crippen LogP contribution in [-0.2, 0) is 11.2 Å². The molecule has 1 aromatic rings. The lowest BCUT2D eigenvalue weighted by atomic mass is 10.1. The Morgan fingerprint density at radius 1 is 1.38 bits per heavy atom. The number of nitrogens with two attached hydrogens (primary N) is 1. The summed E-state index contributed by atoms with van der Waals surface area (Å²) in [5, 5.41) is 15.3. The van der Waals surface area contributed by atoms with Crippen LogP contribution < -0.4 is 16.4 Å². The number of rotatable bonds is 6. The molecule has 0 spiro atoms. The number of nitro benzene ring substituents is 1. The van der Waals surface area contributed by atoms with Crippen LogP contribution in [0.25, 0.3) is 0 Å². The second kappa shape index (κ2) is 7.80. The van der Waals surface area contributed by atoms with E-state index in [1.165, 1.54) is 12.1 Å². The number of carbonyl (C=O) groups is 2.